The molecule has 0 aromatic heterocycles. The first kappa shape index (κ1) is 26.7. The summed E-state index contributed by atoms with van der Waals surface area (Å²) in [6.45, 7) is 1.44. The molecule has 0 saturated carbocycles. The van der Waals surface area contributed by atoms with Gasteiger partial charge in [0, 0.05) is 11.4 Å². The van der Waals surface area contributed by atoms with Crippen molar-refractivity contribution in [2.45, 2.75) is 38.5 Å². The predicted molar refractivity (Wildman–Crippen MR) is 153 cm³/mol. The van der Waals surface area contributed by atoms with E-state index in [1.54, 1.807) is 0 Å². The molecule has 0 aliphatic heterocycles. The average Bonchev–Trinajstić information content (AvgIpc) is 2.94. The molecule has 0 aliphatic rings. The number of hydrogen-bond donors (Lipinski definition) is 2. The molecule has 0 radical (unpaired) electrons. The topological polar surface area (TPSA) is 89.0 Å². The largest absolute Gasteiger partial charge is 0.494 e. The Bertz CT molecular complexity index is 1110. The molecule has 6 heteroatoms. The molecular formula is C32H36N2O4. The number of anilines is 2. The van der Waals surface area contributed by atoms with Crippen LogP contribution in [-0.4, -0.2) is 13.2 Å². The van der Waals surface area contributed by atoms with E-state index in [1.807, 2.05) is 97.1 Å². The lowest BCUT2D eigenvalue weighted by Crippen LogP contribution is -1.98. The van der Waals surface area contributed by atoms with E-state index in [9.17, 15) is 0 Å². The molecule has 0 bridgehead atoms. The summed E-state index contributed by atoms with van der Waals surface area (Å²) in [7, 11) is 0. The minimum atomic E-state index is 0.718. The summed E-state index contributed by atoms with van der Waals surface area (Å²) in [4.78, 5) is 0. The maximum absolute atomic E-state index is 5.86. The molecule has 0 spiro atoms. The Morgan fingerprint density at radius 2 is 0.605 bits per heavy atom. The molecule has 0 amide bonds. The summed E-state index contributed by atoms with van der Waals surface area (Å²) in [5.41, 5.74) is 12.8. The van der Waals surface area contributed by atoms with Crippen molar-refractivity contribution in [1.29, 1.82) is 0 Å². The third-order valence-corrected chi connectivity index (χ3v) is 5.96. The Labute approximate surface area is 225 Å². The predicted octanol–water partition coefficient (Wildman–Crippen LogP) is 8.23. The van der Waals surface area contributed by atoms with E-state index in [4.69, 9.17) is 30.4 Å². The summed E-state index contributed by atoms with van der Waals surface area (Å²) in [6, 6.07) is 30.1. The highest BCUT2D eigenvalue weighted by Crippen LogP contribution is 2.26. The van der Waals surface area contributed by atoms with Gasteiger partial charge in [-0.1, -0.05) is 25.7 Å². The Balaban J connectivity index is 1.00. The fourth-order valence-electron chi connectivity index (χ4n) is 3.84. The van der Waals surface area contributed by atoms with E-state index in [2.05, 4.69) is 0 Å². The molecule has 0 heterocycles. The van der Waals surface area contributed by atoms with Crippen molar-refractivity contribution in [3.8, 4) is 34.5 Å². The van der Waals surface area contributed by atoms with Gasteiger partial charge in [-0.15, -0.1) is 0 Å². The molecule has 0 atom stereocenters. The zero-order valence-electron chi connectivity index (χ0n) is 21.7. The van der Waals surface area contributed by atoms with Gasteiger partial charge >= 0.3 is 0 Å². The van der Waals surface area contributed by atoms with Gasteiger partial charge in [-0.05, 0) is 110 Å². The number of rotatable bonds is 15. The number of nitrogen functional groups attached to an aromatic ring is 2. The zero-order chi connectivity index (χ0) is 26.4. The summed E-state index contributed by atoms with van der Waals surface area (Å²) < 4.78 is 23.3. The SMILES string of the molecule is Nc1ccc(Oc2ccc(OCCCCCCCCOc3ccc(Oc4ccc(N)cc4)cc3)cc2)cc1. The number of unbranched alkanes of at least 4 members (excludes halogenated alkanes) is 5. The fourth-order valence-corrected chi connectivity index (χ4v) is 3.84. The van der Waals surface area contributed by atoms with E-state index in [-0.39, 0.29) is 0 Å². The Morgan fingerprint density at radius 3 is 0.947 bits per heavy atom. The van der Waals surface area contributed by atoms with Crippen LogP contribution in [0, 0.1) is 0 Å². The van der Waals surface area contributed by atoms with Crippen LogP contribution in [0.4, 0.5) is 11.4 Å². The highest BCUT2D eigenvalue weighted by atomic mass is 16.5. The molecule has 4 N–H and O–H groups in total. The van der Waals surface area contributed by atoms with E-state index < -0.39 is 0 Å². The zero-order valence-corrected chi connectivity index (χ0v) is 21.7. The quantitative estimate of drug-likeness (QED) is 0.123. The van der Waals surface area contributed by atoms with Gasteiger partial charge in [0.2, 0.25) is 0 Å². The minimum Gasteiger partial charge on any atom is -0.494 e. The molecule has 0 fully saturated rings. The summed E-state index contributed by atoms with van der Waals surface area (Å²) in [5, 5.41) is 0. The summed E-state index contributed by atoms with van der Waals surface area (Å²) in [6.07, 6.45) is 6.82. The van der Waals surface area contributed by atoms with Gasteiger partial charge in [0.15, 0.2) is 0 Å². The van der Waals surface area contributed by atoms with Crippen LogP contribution in [0.2, 0.25) is 0 Å². The lowest BCUT2D eigenvalue weighted by atomic mass is 10.1. The second-order valence-corrected chi connectivity index (χ2v) is 9.10. The van der Waals surface area contributed by atoms with Gasteiger partial charge in [0.1, 0.15) is 34.5 Å². The first-order valence-corrected chi connectivity index (χ1v) is 13.2. The van der Waals surface area contributed by atoms with Crippen LogP contribution in [0.1, 0.15) is 38.5 Å². The highest BCUT2D eigenvalue weighted by molar-refractivity contribution is 5.44. The molecule has 0 aliphatic carbocycles. The van der Waals surface area contributed by atoms with Crippen LogP contribution in [0.5, 0.6) is 34.5 Å². The van der Waals surface area contributed by atoms with Gasteiger partial charge in [0.25, 0.3) is 0 Å². The Hall–Kier alpha value is -4.32. The first-order valence-electron chi connectivity index (χ1n) is 13.2. The number of benzene rings is 4. The molecule has 0 saturated heterocycles. The average molecular weight is 513 g/mol. The van der Waals surface area contributed by atoms with Crippen LogP contribution in [0.15, 0.2) is 97.1 Å². The van der Waals surface area contributed by atoms with Crippen molar-refractivity contribution in [2.75, 3.05) is 24.7 Å². The smallest absolute Gasteiger partial charge is 0.127 e. The Morgan fingerprint density at radius 1 is 0.342 bits per heavy atom. The minimum absolute atomic E-state index is 0.718. The lowest BCUT2D eigenvalue weighted by Gasteiger charge is -2.09. The molecule has 4 aromatic carbocycles. The van der Waals surface area contributed by atoms with E-state index >= 15 is 0 Å². The standard InChI is InChI=1S/C32H36N2O4/c33-25-7-11-29(12-8-25)37-31-19-15-27(16-20-31)35-23-5-3-1-2-4-6-24-36-28-17-21-32(22-18-28)38-30-13-9-26(34)10-14-30/h7-22H,1-6,23-24,33-34H2. The first-order chi connectivity index (χ1) is 18.6. The lowest BCUT2D eigenvalue weighted by molar-refractivity contribution is 0.296. The maximum Gasteiger partial charge on any atom is 0.127 e. The van der Waals surface area contributed by atoms with Gasteiger partial charge in [-0.25, -0.2) is 0 Å². The Kier molecular flexibility index (Phi) is 10.2. The van der Waals surface area contributed by atoms with Gasteiger partial charge in [-0.3, -0.25) is 0 Å². The number of nitrogens with two attached hydrogens (primary N) is 2. The summed E-state index contributed by atoms with van der Waals surface area (Å²) >= 11 is 0. The van der Waals surface area contributed by atoms with Crippen LogP contribution >= 0.6 is 0 Å². The molecular weight excluding hydrogens is 476 g/mol. The van der Waals surface area contributed by atoms with Crippen LogP contribution < -0.4 is 30.4 Å². The van der Waals surface area contributed by atoms with Crippen molar-refractivity contribution in [2.24, 2.45) is 0 Å². The van der Waals surface area contributed by atoms with Gasteiger partial charge < -0.3 is 30.4 Å². The van der Waals surface area contributed by atoms with Crippen LogP contribution in [0.3, 0.4) is 0 Å². The number of ether oxygens (including phenoxy) is 4. The normalized spacial score (nSPS) is 10.6. The van der Waals surface area contributed by atoms with Crippen LogP contribution in [-0.2, 0) is 0 Å². The fraction of sp³-hybridized carbons (Fsp3) is 0.250. The molecule has 38 heavy (non-hydrogen) atoms. The van der Waals surface area contributed by atoms with Gasteiger partial charge in [0.05, 0.1) is 13.2 Å². The third-order valence-electron chi connectivity index (χ3n) is 5.96. The van der Waals surface area contributed by atoms with Crippen molar-refractivity contribution >= 4 is 11.4 Å². The van der Waals surface area contributed by atoms with E-state index in [0.29, 0.717) is 0 Å². The van der Waals surface area contributed by atoms with E-state index in [1.165, 1.54) is 12.8 Å². The van der Waals surface area contributed by atoms with Crippen molar-refractivity contribution < 1.29 is 18.9 Å². The van der Waals surface area contributed by atoms with Crippen LogP contribution in [0.25, 0.3) is 0 Å². The second-order valence-electron chi connectivity index (χ2n) is 9.10. The number of hydrogen-bond acceptors (Lipinski definition) is 6. The maximum atomic E-state index is 5.86. The van der Waals surface area contributed by atoms with Crippen molar-refractivity contribution in [3.05, 3.63) is 97.1 Å². The highest BCUT2D eigenvalue weighted by Gasteiger charge is 2.01. The second kappa shape index (κ2) is 14.4. The molecule has 4 rings (SSSR count). The third kappa shape index (κ3) is 9.28. The summed E-state index contributed by atoms with van der Waals surface area (Å²) in [5.74, 6) is 4.77. The molecule has 198 valence electrons. The van der Waals surface area contributed by atoms with Crippen molar-refractivity contribution in [3.63, 3.8) is 0 Å². The molecule has 4 aromatic rings. The van der Waals surface area contributed by atoms with Crippen molar-refractivity contribution in [1.82, 2.24) is 0 Å². The molecule has 0 unspecified atom stereocenters. The monoisotopic (exact) mass is 512 g/mol. The van der Waals surface area contributed by atoms with E-state index in [0.717, 1.165) is 84.8 Å². The molecule has 6 nitrogen and oxygen atoms in total. The van der Waals surface area contributed by atoms with Gasteiger partial charge in [-0.2, -0.15) is 0 Å².